The van der Waals surface area contributed by atoms with E-state index in [4.69, 9.17) is 0 Å². The molecule has 2 rings (SSSR count). The van der Waals surface area contributed by atoms with Crippen LogP contribution in [0.4, 0.5) is 0 Å². The van der Waals surface area contributed by atoms with Crippen LogP contribution < -0.4 is 0 Å². The van der Waals surface area contributed by atoms with Crippen LogP contribution >= 0.6 is 11.3 Å². The minimum Gasteiger partial charge on any atom is -0.393 e. The Kier molecular flexibility index (Phi) is 3.11. The standard InChI is InChI=1S/C10H11NO3S/c12-9-3-1-7(2-4-10(13)14-9)8-5-15-6-11-8/h5-7H,1-4H2. The zero-order valence-electron chi connectivity index (χ0n) is 8.14. The number of ether oxygens (including phenoxy) is 1. The van der Waals surface area contributed by atoms with Crippen molar-refractivity contribution in [2.75, 3.05) is 0 Å². The third kappa shape index (κ3) is 2.62. The molecule has 4 nitrogen and oxygen atoms in total. The summed E-state index contributed by atoms with van der Waals surface area (Å²) >= 11 is 1.53. The van der Waals surface area contributed by atoms with Gasteiger partial charge in [-0.2, -0.15) is 0 Å². The van der Waals surface area contributed by atoms with Gasteiger partial charge in [0.15, 0.2) is 0 Å². The molecule has 1 fully saturated rings. The molecule has 1 aliphatic rings. The van der Waals surface area contributed by atoms with E-state index in [1.165, 1.54) is 11.3 Å². The molecule has 0 unspecified atom stereocenters. The molecule has 0 spiro atoms. The summed E-state index contributed by atoms with van der Waals surface area (Å²) in [4.78, 5) is 26.4. The average molecular weight is 225 g/mol. The summed E-state index contributed by atoms with van der Waals surface area (Å²) in [5.74, 6) is -0.618. The Hall–Kier alpha value is -1.23. The number of esters is 2. The third-order valence-electron chi connectivity index (χ3n) is 2.49. The lowest BCUT2D eigenvalue weighted by atomic mass is 9.94. The van der Waals surface area contributed by atoms with Gasteiger partial charge < -0.3 is 4.74 Å². The maximum absolute atomic E-state index is 11.1. The molecule has 0 saturated carbocycles. The van der Waals surface area contributed by atoms with Crippen LogP contribution in [0.3, 0.4) is 0 Å². The molecule has 2 heterocycles. The first-order chi connectivity index (χ1) is 7.25. The number of cyclic esters (lactones) is 2. The summed E-state index contributed by atoms with van der Waals surface area (Å²) in [6, 6.07) is 0. The van der Waals surface area contributed by atoms with Crippen LogP contribution in [0.15, 0.2) is 10.9 Å². The van der Waals surface area contributed by atoms with Crippen LogP contribution in [0, 0.1) is 0 Å². The van der Waals surface area contributed by atoms with Crippen molar-refractivity contribution in [2.45, 2.75) is 31.6 Å². The van der Waals surface area contributed by atoms with Crippen LogP contribution in [0.5, 0.6) is 0 Å². The van der Waals surface area contributed by atoms with Crippen molar-refractivity contribution in [3.8, 4) is 0 Å². The van der Waals surface area contributed by atoms with E-state index in [1.807, 2.05) is 5.38 Å². The average Bonchev–Trinajstić information content (AvgIpc) is 2.68. The number of carbonyl (C=O) groups is 2. The molecule has 0 aliphatic carbocycles. The van der Waals surface area contributed by atoms with Crippen LogP contribution in [0.25, 0.3) is 0 Å². The fourth-order valence-electron chi connectivity index (χ4n) is 1.68. The third-order valence-corrected chi connectivity index (χ3v) is 3.10. The van der Waals surface area contributed by atoms with E-state index >= 15 is 0 Å². The number of thiazole rings is 1. The van der Waals surface area contributed by atoms with Crippen molar-refractivity contribution in [2.24, 2.45) is 0 Å². The van der Waals surface area contributed by atoms with Crippen LogP contribution in [-0.2, 0) is 14.3 Å². The first kappa shape index (κ1) is 10.3. The summed E-state index contributed by atoms with van der Waals surface area (Å²) in [5, 5.41) is 1.97. The summed E-state index contributed by atoms with van der Waals surface area (Å²) in [5.41, 5.74) is 2.76. The fourth-order valence-corrected chi connectivity index (χ4v) is 2.31. The zero-order chi connectivity index (χ0) is 10.7. The molecule has 0 bridgehead atoms. The van der Waals surface area contributed by atoms with Crippen molar-refractivity contribution >= 4 is 23.3 Å². The molecule has 1 aromatic rings. The van der Waals surface area contributed by atoms with E-state index in [0.717, 1.165) is 18.5 Å². The highest BCUT2D eigenvalue weighted by Gasteiger charge is 2.22. The van der Waals surface area contributed by atoms with Crippen LogP contribution in [0.2, 0.25) is 0 Å². The number of rotatable bonds is 1. The van der Waals surface area contributed by atoms with Crippen molar-refractivity contribution in [3.05, 3.63) is 16.6 Å². The maximum Gasteiger partial charge on any atom is 0.313 e. The van der Waals surface area contributed by atoms with E-state index in [1.54, 1.807) is 5.51 Å². The molecule has 1 aromatic heterocycles. The van der Waals surface area contributed by atoms with E-state index in [9.17, 15) is 9.59 Å². The molecule has 5 heteroatoms. The minimum atomic E-state index is -0.417. The van der Waals surface area contributed by atoms with Crippen molar-refractivity contribution in [1.82, 2.24) is 4.98 Å². The van der Waals surface area contributed by atoms with Crippen molar-refractivity contribution in [3.63, 3.8) is 0 Å². The first-order valence-corrected chi connectivity index (χ1v) is 5.81. The first-order valence-electron chi connectivity index (χ1n) is 4.87. The number of carbonyl (C=O) groups excluding carboxylic acids is 2. The van der Waals surface area contributed by atoms with Gasteiger partial charge in [-0.1, -0.05) is 0 Å². The molecule has 0 N–H and O–H groups in total. The SMILES string of the molecule is O=C1CCC(c2cscn2)CCC(=O)O1. The number of aromatic nitrogens is 1. The predicted molar refractivity (Wildman–Crippen MR) is 54.4 cm³/mol. The highest BCUT2D eigenvalue weighted by Crippen LogP contribution is 2.28. The van der Waals surface area contributed by atoms with Crippen LogP contribution in [0.1, 0.15) is 37.3 Å². The molecule has 0 atom stereocenters. The van der Waals surface area contributed by atoms with Gasteiger partial charge in [0.25, 0.3) is 0 Å². The zero-order valence-corrected chi connectivity index (χ0v) is 8.96. The number of nitrogens with zero attached hydrogens (tertiary/aromatic N) is 1. The minimum absolute atomic E-state index is 0.216. The van der Waals surface area contributed by atoms with E-state index in [2.05, 4.69) is 9.72 Å². The summed E-state index contributed by atoms with van der Waals surface area (Å²) in [7, 11) is 0. The molecule has 15 heavy (non-hydrogen) atoms. The molecule has 0 aromatic carbocycles. The second-order valence-corrected chi connectivity index (χ2v) is 4.25. The molecule has 0 radical (unpaired) electrons. The number of hydrogen-bond acceptors (Lipinski definition) is 5. The summed E-state index contributed by atoms with van der Waals surface area (Å²) in [6.07, 6.45) is 2.04. The molecule has 1 saturated heterocycles. The Balaban J connectivity index is 2.06. The van der Waals surface area contributed by atoms with Gasteiger partial charge in [-0.05, 0) is 12.8 Å². The van der Waals surface area contributed by atoms with Gasteiger partial charge in [-0.25, -0.2) is 4.98 Å². The molecular formula is C10H11NO3S. The van der Waals surface area contributed by atoms with Gasteiger partial charge in [0, 0.05) is 24.1 Å². The Labute approximate surface area is 91.3 Å². The predicted octanol–water partition coefficient (Wildman–Crippen LogP) is 1.87. The van der Waals surface area contributed by atoms with Gasteiger partial charge in [0.1, 0.15) is 0 Å². The Bertz CT molecular complexity index is 343. The van der Waals surface area contributed by atoms with E-state index in [-0.39, 0.29) is 5.92 Å². The molecular weight excluding hydrogens is 214 g/mol. The van der Waals surface area contributed by atoms with Crippen LogP contribution in [-0.4, -0.2) is 16.9 Å². The topological polar surface area (TPSA) is 56.3 Å². The number of hydrogen-bond donors (Lipinski definition) is 0. The maximum atomic E-state index is 11.1. The lowest BCUT2D eigenvalue weighted by Crippen LogP contribution is -2.17. The van der Waals surface area contributed by atoms with Gasteiger partial charge in [-0.15, -0.1) is 11.3 Å². The second-order valence-electron chi connectivity index (χ2n) is 3.53. The smallest absolute Gasteiger partial charge is 0.313 e. The van der Waals surface area contributed by atoms with Gasteiger partial charge in [0.05, 0.1) is 11.2 Å². The highest BCUT2D eigenvalue weighted by atomic mass is 32.1. The molecule has 1 aliphatic heterocycles. The Morgan fingerprint density at radius 3 is 2.47 bits per heavy atom. The lowest BCUT2D eigenvalue weighted by Gasteiger charge is -2.16. The summed E-state index contributed by atoms with van der Waals surface area (Å²) in [6.45, 7) is 0. The van der Waals surface area contributed by atoms with Gasteiger partial charge in [-0.3, -0.25) is 9.59 Å². The van der Waals surface area contributed by atoms with Gasteiger partial charge in [0.2, 0.25) is 0 Å². The second kappa shape index (κ2) is 4.53. The van der Waals surface area contributed by atoms with Crippen molar-refractivity contribution < 1.29 is 14.3 Å². The van der Waals surface area contributed by atoms with E-state index in [0.29, 0.717) is 12.8 Å². The highest BCUT2D eigenvalue weighted by molar-refractivity contribution is 7.07. The fraction of sp³-hybridized carbons (Fsp3) is 0.500. The van der Waals surface area contributed by atoms with Gasteiger partial charge >= 0.3 is 11.9 Å². The Morgan fingerprint density at radius 1 is 1.27 bits per heavy atom. The van der Waals surface area contributed by atoms with E-state index < -0.39 is 11.9 Å². The molecule has 0 amide bonds. The largest absolute Gasteiger partial charge is 0.393 e. The van der Waals surface area contributed by atoms with Crippen molar-refractivity contribution in [1.29, 1.82) is 0 Å². The quantitative estimate of drug-likeness (QED) is 0.541. The monoisotopic (exact) mass is 225 g/mol. The normalized spacial score (nSPS) is 19.5. The summed E-state index contributed by atoms with van der Waals surface area (Å²) < 4.78 is 4.56. The lowest BCUT2D eigenvalue weighted by molar-refractivity contribution is -0.160. The Morgan fingerprint density at radius 2 is 1.93 bits per heavy atom. The molecule has 80 valence electrons.